The molecule has 0 fully saturated rings. The number of pyridine rings is 2. The van der Waals surface area contributed by atoms with Crippen LogP contribution in [0, 0.1) is 12.1 Å². The Kier molecular flexibility index (Phi) is 9.09. The summed E-state index contributed by atoms with van der Waals surface area (Å²) in [6.07, 6.45) is 2.02. The molecule has 10 rings (SSSR count). The summed E-state index contributed by atoms with van der Waals surface area (Å²) < 4.78 is 8.72. The van der Waals surface area contributed by atoms with Crippen molar-refractivity contribution >= 4 is 68.0 Å². The minimum atomic E-state index is -1.23. The predicted molar refractivity (Wildman–Crippen MR) is 217 cm³/mol. The van der Waals surface area contributed by atoms with Gasteiger partial charge in [0, 0.05) is 48.1 Å². The van der Waals surface area contributed by atoms with Gasteiger partial charge in [-0.3, -0.25) is 4.98 Å². The molecule has 10 aromatic rings. The molecule has 0 N–H and O–H groups in total. The van der Waals surface area contributed by atoms with Gasteiger partial charge in [0.25, 0.3) is 0 Å². The summed E-state index contributed by atoms with van der Waals surface area (Å²) in [5.41, 5.74) is 8.11. The maximum atomic E-state index is 6.61. The first kappa shape index (κ1) is 34.4. The Morgan fingerprint density at radius 2 is 1.36 bits per heavy atom. The number of furan rings is 1. The SMILES string of the molecule is C[Si](C)(C)c1ccc(-c2[c-]cccc2)nc1.[Ir].[c-]1ccc2c(oc3c4ccccc4ccc23)c1-c1nc2cc3ccccc3nc2n1-c1ccccc1. The molecule has 0 saturated heterocycles. The van der Waals surface area contributed by atoms with Crippen molar-refractivity contribution in [1.82, 2.24) is 19.5 Å². The van der Waals surface area contributed by atoms with E-state index in [0.717, 1.165) is 83.1 Å². The van der Waals surface area contributed by atoms with Crippen molar-refractivity contribution in [2.75, 3.05) is 0 Å². The van der Waals surface area contributed by atoms with Crippen molar-refractivity contribution in [3.63, 3.8) is 0 Å². The molecule has 0 unspecified atom stereocenters. The van der Waals surface area contributed by atoms with E-state index in [1.165, 1.54) is 5.19 Å². The summed E-state index contributed by atoms with van der Waals surface area (Å²) in [6, 6.07) is 56.0. The number of hydrogen-bond donors (Lipinski definition) is 0. The maximum Gasteiger partial charge on any atom is 0.156 e. The van der Waals surface area contributed by atoms with Crippen LogP contribution in [0.5, 0.6) is 0 Å². The van der Waals surface area contributed by atoms with Crippen LogP contribution in [0.4, 0.5) is 0 Å². The van der Waals surface area contributed by atoms with Gasteiger partial charge >= 0.3 is 0 Å². The number of imidazole rings is 1. The Morgan fingerprint density at radius 1 is 0.604 bits per heavy atom. The molecule has 4 aromatic heterocycles. The van der Waals surface area contributed by atoms with Gasteiger partial charge in [-0.05, 0) is 40.5 Å². The van der Waals surface area contributed by atoms with Gasteiger partial charge in [0.2, 0.25) is 0 Å². The van der Waals surface area contributed by atoms with E-state index in [1.54, 1.807) is 0 Å². The van der Waals surface area contributed by atoms with Crippen LogP contribution in [0.1, 0.15) is 0 Å². The number of fused-ring (bicyclic) bond motifs is 7. The van der Waals surface area contributed by atoms with Gasteiger partial charge in [-0.25, -0.2) is 4.98 Å². The summed E-state index contributed by atoms with van der Waals surface area (Å²) in [6.45, 7) is 7.00. The quantitative estimate of drug-likeness (QED) is 0.131. The zero-order valence-corrected chi connectivity index (χ0v) is 32.9. The number of para-hydroxylation sites is 2. The number of nitrogens with zero attached hydrogens (tertiary/aromatic N) is 4. The topological polar surface area (TPSA) is 56.7 Å². The minimum absolute atomic E-state index is 0. The van der Waals surface area contributed by atoms with E-state index in [9.17, 15) is 0 Å². The van der Waals surface area contributed by atoms with E-state index in [2.05, 4.69) is 114 Å². The molecule has 0 bridgehead atoms. The molecule has 7 heteroatoms. The molecular weight excluding hydrogens is 845 g/mol. The molecule has 4 heterocycles. The van der Waals surface area contributed by atoms with Crippen molar-refractivity contribution in [3.05, 3.63) is 164 Å². The molecular formula is C46H34IrN4OSi-2. The van der Waals surface area contributed by atoms with Crippen LogP contribution in [-0.2, 0) is 20.1 Å². The van der Waals surface area contributed by atoms with Gasteiger partial charge in [0.1, 0.15) is 5.58 Å². The van der Waals surface area contributed by atoms with Crippen LogP contribution in [-0.4, -0.2) is 27.6 Å². The molecule has 0 spiro atoms. The van der Waals surface area contributed by atoms with Crippen LogP contribution in [0.25, 0.3) is 83.1 Å². The fourth-order valence-corrected chi connectivity index (χ4v) is 7.82. The summed E-state index contributed by atoms with van der Waals surface area (Å²) in [5, 5.41) is 6.85. The van der Waals surface area contributed by atoms with E-state index < -0.39 is 8.07 Å². The Hall–Kier alpha value is -5.72. The molecule has 0 atom stereocenters. The molecule has 0 aliphatic rings. The average molecular weight is 879 g/mol. The second-order valence-corrected chi connectivity index (χ2v) is 19.0. The third kappa shape index (κ3) is 6.38. The van der Waals surface area contributed by atoms with Crippen molar-refractivity contribution < 1.29 is 24.5 Å². The molecule has 0 aliphatic heterocycles. The monoisotopic (exact) mass is 879 g/mol. The van der Waals surface area contributed by atoms with E-state index in [4.69, 9.17) is 14.4 Å². The van der Waals surface area contributed by atoms with E-state index >= 15 is 0 Å². The van der Waals surface area contributed by atoms with Crippen molar-refractivity contribution in [2.24, 2.45) is 0 Å². The first-order valence-electron chi connectivity index (χ1n) is 17.4. The van der Waals surface area contributed by atoms with Crippen LogP contribution < -0.4 is 5.19 Å². The number of aromatic nitrogens is 4. The minimum Gasteiger partial charge on any atom is -0.500 e. The molecule has 6 aromatic carbocycles. The van der Waals surface area contributed by atoms with Crippen molar-refractivity contribution in [3.8, 4) is 28.3 Å². The van der Waals surface area contributed by atoms with Crippen LogP contribution >= 0.6 is 0 Å². The molecule has 1 radical (unpaired) electrons. The summed E-state index contributed by atoms with van der Waals surface area (Å²) in [4.78, 5) is 14.6. The smallest absolute Gasteiger partial charge is 0.156 e. The predicted octanol–water partition coefficient (Wildman–Crippen LogP) is 11.2. The summed E-state index contributed by atoms with van der Waals surface area (Å²) in [7, 11) is -1.23. The second-order valence-electron chi connectivity index (χ2n) is 13.9. The van der Waals surface area contributed by atoms with Gasteiger partial charge in [-0.1, -0.05) is 116 Å². The average Bonchev–Trinajstić information content (AvgIpc) is 3.76. The molecule has 0 amide bonds. The normalized spacial score (nSPS) is 11.5. The second kappa shape index (κ2) is 14.0. The number of benzene rings is 6. The van der Waals surface area contributed by atoms with Gasteiger partial charge in [0.05, 0.1) is 30.5 Å². The van der Waals surface area contributed by atoms with Gasteiger partial charge in [0.15, 0.2) is 5.65 Å². The molecule has 53 heavy (non-hydrogen) atoms. The first-order valence-corrected chi connectivity index (χ1v) is 20.9. The molecule has 0 saturated carbocycles. The van der Waals surface area contributed by atoms with Crippen LogP contribution in [0.15, 0.2) is 156 Å². The third-order valence-corrected chi connectivity index (χ3v) is 11.5. The van der Waals surface area contributed by atoms with Crippen LogP contribution in [0.2, 0.25) is 19.6 Å². The Balaban J connectivity index is 0.000000199. The largest absolute Gasteiger partial charge is 0.500 e. The van der Waals surface area contributed by atoms with Gasteiger partial charge in [-0.15, -0.1) is 54.1 Å². The van der Waals surface area contributed by atoms with Gasteiger partial charge in [-0.2, -0.15) is 0 Å². The summed E-state index contributed by atoms with van der Waals surface area (Å²) in [5.74, 6) is 0.757. The zero-order chi connectivity index (χ0) is 35.2. The number of hydrogen-bond acceptors (Lipinski definition) is 4. The Labute approximate surface area is 322 Å². The third-order valence-electron chi connectivity index (χ3n) is 9.51. The van der Waals surface area contributed by atoms with Crippen LogP contribution in [0.3, 0.4) is 0 Å². The maximum absolute atomic E-state index is 6.61. The molecule has 5 nitrogen and oxygen atoms in total. The molecule has 259 valence electrons. The van der Waals surface area contributed by atoms with Crippen molar-refractivity contribution in [1.29, 1.82) is 0 Å². The van der Waals surface area contributed by atoms with E-state index in [0.29, 0.717) is 0 Å². The first-order chi connectivity index (χ1) is 25.4. The fraction of sp³-hybridized carbons (Fsp3) is 0.0652. The fourth-order valence-electron chi connectivity index (χ4n) is 6.78. The summed E-state index contributed by atoms with van der Waals surface area (Å²) >= 11 is 0. The zero-order valence-electron chi connectivity index (χ0n) is 29.5. The Bertz CT molecular complexity index is 2880. The standard InChI is InChI=1S/C32H18N3O.C14H16NSi.Ir/c1-2-11-22(12-3-1)35-31(34-28-19-21-10-5-7-16-27(21)33-32(28)35)26-15-8-14-24-25-18-17-20-9-4-6-13-23(20)29(25)36-30(24)26;1-16(2,3)13-9-10-14(15-11-13)12-7-5-4-6-8-12;/h1-14,16-19H;4-7,9-11H,1-3H3;/q2*-1;. The van der Waals surface area contributed by atoms with Crippen molar-refractivity contribution in [2.45, 2.75) is 19.6 Å². The Morgan fingerprint density at radius 3 is 2.13 bits per heavy atom. The van der Waals surface area contributed by atoms with E-state index in [1.807, 2.05) is 79.0 Å². The number of rotatable bonds is 4. The van der Waals surface area contributed by atoms with Gasteiger partial charge < -0.3 is 14.0 Å². The molecule has 0 aliphatic carbocycles. The van der Waals surface area contributed by atoms with E-state index in [-0.39, 0.29) is 20.1 Å².